The van der Waals surface area contributed by atoms with Gasteiger partial charge < -0.3 is 10.6 Å². The molecule has 1 aliphatic rings. The van der Waals surface area contributed by atoms with Crippen LogP contribution in [0.3, 0.4) is 0 Å². The third-order valence-corrected chi connectivity index (χ3v) is 3.22. The summed E-state index contributed by atoms with van der Waals surface area (Å²) in [7, 11) is 0. The number of carbonyl (C=O) groups is 1. The van der Waals surface area contributed by atoms with Gasteiger partial charge in [0.15, 0.2) is 0 Å². The average Bonchev–Trinajstić information content (AvgIpc) is 2.70. The molecule has 1 heterocycles. The average molecular weight is 261 g/mol. The highest BCUT2D eigenvalue weighted by molar-refractivity contribution is 5.76. The lowest BCUT2D eigenvalue weighted by Gasteiger charge is -2.21. The molecule has 1 aromatic heterocycles. The van der Waals surface area contributed by atoms with Gasteiger partial charge >= 0.3 is 0 Å². The molecule has 0 fully saturated rings. The summed E-state index contributed by atoms with van der Waals surface area (Å²) in [5, 5.41) is 6.40. The molecule has 104 valence electrons. The normalized spacial score (nSPS) is 18.2. The Balaban J connectivity index is 1.77. The van der Waals surface area contributed by atoms with Crippen molar-refractivity contribution in [1.29, 1.82) is 0 Å². The number of hydrogen-bond donors (Lipinski definition) is 2. The van der Waals surface area contributed by atoms with Gasteiger partial charge in [0.1, 0.15) is 0 Å². The zero-order valence-corrected chi connectivity index (χ0v) is 12.0. The van der Waals surface area contributed by atoms with Gasteiger partial charge in [-0.1, -0.05) is 6.07 Å². The quantitative estimate of drug-likeness (QED) is 0.871. The van der Waals surface area contributed by atoms with Crippen LogP contribution < -0.4 is 10.6 Å². The molecule has 2 rings (SSSR count). The first-order valence-electron chi connectivity index (χ1n) is 6.94. The molecule has 0 spiro atoms. The number of hydrogen-bond acceptors (Lipinski definition) is 3. The number of nitrogens with zero attached hydrogens (tertiary/aromatic N) is 1. The summed E-state index contributed by atoms with van der Waals surface area (Å²) in [6.45, 7) is 6.68. The van der Waals surface area contributed by atoms with E-state index in [1.165, 1.54) is 5.56 Å². The molecule has 19 heavy (non-hydrogen) atoms. The van der Waals surface area contributed by atoms with Crippen molar-refractivity contribution in [3.63, 3.8) is 0 Å². The molecule has 1 atom stereocenters. The number of carbonyl (C=O) groups excluding carboxylic acids is 1. The fourth-order valence-corrected chi connectivity index (χ4v) is 2.45. The lowest BCUT2D eigenvalue weighted by atomic mass is 10.1. The van der Waals surface area contributed by atoms with Gasteiger partial charge in [-0.05, 0) is 45.2 Å². The first kappa shape index (κ1) is 14.0. The standard InChI is InChI=1S/C15H23N3O/c1-15(2,3)18-13(19)8-10-16-12-7-6-11-5-4-9-17-14(11)12/h4-5,9,12,16H,6-8,10H2,1-3H3,(H,18,19). The van der Waals surface area contributed by atoms with Crippen LogP contribution in [0.1, 0.15) is 50.9 Å². The molecular formula is C15H23N3O. The minimum absolute atomic E-state index is 0.0965. The molecule has 4 nitrogen and oxygen atoms in total. The van der Waals surface area contributed by atoms with E-state index in [4.69, 9.17) is 0 Å². The summed E-state index contributed by atoms with van der Waals surface area (Å²) in [6.07, 6.45) is 4.50. The monoisotopic (exact) mass is 261 g/mol. The van der Waals surface area contributed by atoms with Crippen molar-refractivity contribution >= 4 is 5.91 Å². The van der Waals surface area contributed by atoms with Crippen molar-refractivity contribution in [1.82, 2.24) is 15.6 Å². The summed E-state index contributed by atoms with van der Waals surface area (Å²) < 4.78 is 0. The van der Waals surface area contributed by atoms with E-state index in [1.807, 2.05) is 33.0 Å². The molecule has 1 amide bonds. The van der Waals surface area contributed by atoms with E-state index >= 15 is 0 Å². The van der Waals surface area contributed by atoms with Crippen LogP contribution in [0.5, 0.6) is 0 Å². The Bertz CT molecular complexity index is 451. The highest BCUT2D eigenvalue weighted by Crippen LogP contribution is 2.28. The Morgan fingerprint density at radius 1 is 1.47 bits per heavy atom. The third kappa shape index (κ3) is 4.03. The Hall–Kier alpha value is -1.42. The van der Waals surface area contributed by atoms with E-state index in [0.717, 1.165) is 18.5 Å². The SMILES string of the molecule is CC(C)(C)NC(=O)CCNC1CCc2cccnc21. The molecule has 1 aliphatic carbocycles. The first-order chi connectivity index (χ1) is 8.96. The number of fused-ring (bicyclic) bond motifs is 1. The van der Waals surface area contributed by atoms with Gasteiger partial charge in [0, 0.05) is 24.7 Å². The lowest BCUT2D eigenvalue weighted by molar-refractivity contribution is -0.122. The van der Waals surface area contributed by atoms with Crippen LogP contribution in [0.2, 0.25) is 0 Å². The number of pyridine rings is 1. The minimum atomic E-state index is -0.154. The van der Waals surface area contributed by atoms with Crippen molar-refractivity contribution in [3.05, 3.63) is 29.6 Å². The fourth-order valence-electron chi connectivity index (χ4n) is 2.45. The number of nitrogens with one attached hydrogen (secondary N) is 2. The number of amides is 1. The van der Waals surface area contributed by atoms with E-state index in [2.05, 4.69) is 21.7 Å². The van der Waals surface area contributed by atoms with Gasteiger partial charge in [0.05, 0.1) is 11.7 Å². The maximum absolute atomic E-state index is 11.7. The van der Waals surface area contributed by atoms with E-state index < -0.39 is 0 Å². The van der Waals surface area contributed by atoms with Crippen LogP contribution in [0.15, 0.2) is 18.3 Å². The molecule has 0 aromatic carbocycles. The van der Waals surface area contributed by atoms with Crippen LogP contribution in [0.4, 0.5) is 0 Å². The summed E-state index contributed by atoms with van der Waals surface area (Å²) in [5.41, 5.74) is 2.33. The van der Waals surface area contributed by atoms with Gasteiger partial charge in [0.2, 0.25) is 5.91 Å². The number of aromatic nitrogens is 1. The molecule has 0 radical (unpaired) electrons. The summed E-state index contributed by atoms with van der Waals surface area (Å²) in [5.74, 6) is 0.0965. The number of aryl methyl sites for hydroxylation is 1. The fraction of sp³-hybridized carbons (Fsp3) is 0.600. The summed E-state index contributed by atoms with van der Waals surface area (Å²) >= 11 is 0. The van der Waals surface area contributed by atoms with E-state index in [-0.39, 0.29) is 11.4 Å². The first-order valence-corrected chi connectivity index (χ1v) is 6.94. The van der Waals surface area contributed by atoms with E-state index in [9.17, 15) is 4.79 Å². The molecule has 1 unspecified atom stereocenters. The molecule has 4 heteroatoms. The largest absolute Gasteiger partial charge is 0.351 e. The van der Waals surface area contributed by atoms with Crippen molar-refractivity contribution < 1.29 is 4.79 Å². The van der Waals surface area contributed by atoms with Crippen molar-refractivity contribution in [3.8, 4) is 0 Å². The molecule has 0 saturated heterocycles. The van der Waals surface area contributed by atoms with Gasteiger partial charge in [-0.15, -0.1) is 0 Å². The van der Waals surface area contributed by atoms with E-state index in [1.54, 1.807) is 0 Å². The van der Waals surface area contributed by atoms with Gasteiger partial charge in [-0.2, -0.15) is 0 Å². The van der Waals surface area contributed by atoms with Gasteiger partial charge in [0.25, 0.3) is 0 Å². The zero-order chi connectivity index (χ0) is 13.9. The Morgan fingerprint density at radius 2 is 2.26 bits per heavy atom. The maximum atomic E-state index is 11.7. The highest BCUT2D eigenvalue weighted by Gasteiger charge is 2.23. The van der Waals surface area contributed by atoms with Crippen molar-refractivity contribution in [2.24, 2.45) is 0 Å². The molecule has 0 bridgehead atoms. The summed E-state index contributed by atoms with van der Waals surface area (Å²) in [6, 6.07) is 4.42. The third-order valence-electron chi connectivity index (χ3n) is 3.22. The van der Waals surface area contributed by atoms with Crippen LogP contribution in [-0.4, -0.2) is 23.0 Å². The highest BCUT2D eigenvalue weighted by atomic mass is 16.1. The predicted octanol–water partition coefficient (Wildman–Crippen LogP) is 1.96. The minimum Gasteiger partial charge on any atom is -0.351 e. The van der Waals surface area contributed by atoms with E-state index in [0.29, 0.717) is 19.0 Å². The molecule has 1 aromatic rings. The molecule has 0 saturated carbocycles. The lowest BCUT2D eigenvalue weighted by Crippen LogP contribution is -2.41. The molecular weight excluding hydrogens is 238 g/mol. The van der Waals surface area contributed by atoms with Crippen LogP contribution in [0, 0.1) is 0 Å². The van der Waals surface area contributed by atoms with Gasteiger partial charge in [-0.3, -0.25) is 9.78 Å². The van der Waals surface area contributed by atoms with Gasteiger partial charge in [-0.25, -0.2) is 0 Å². The van der Waals surface area contributed by atoms with Crippen molar-refractivity contribution in [2.45, 2.75) is 51.6 Å². The topological polar surface area (TPSA) is 54.0 Å². The number of rotatable bonds is 4. The second-order valence-electron chi connectivity index (χ2n) is 6.14. The molecule has 0 aliphatic heterocycles. The van der Waals surface area contributed by atoms with Crippen molar-refractivity contribution in [2.75, 3.05) is 6.54 Å². The summed E-state index contributed by atoms with van der Waals surface area (Å²) in [4.78, 5) is 16.1. The smallest absolute Gasteiger partial charge is 0.221 e. The molecule has 2 N–H and O–H groups in total. The predicted molar refractivity (Wildman–Crippen MR) is 75.8 cm³/mol. The zero-order valence-electron chi connectivity index (χ0n) is 12.0. The maximum Gasteiger partial charge on any atom is 0.221 e. The Kier molecular flexibility index (Phi) is 4.20. The second-order valence-corrected chi connectivity index (χ2v) is 6.14. The van der Waals surface area contributed by atoms with Crippen LogP contribution in [-0.2, 0) is 11.2 Å². The second kappa shape index (κ2) is 5.70. The Labute approximate surface area is 115 Å². The van der Waals surface area contributed by atoms with Crippen LogP contribution in [0.25, 0.3) is 0 Å². The Morgan fingerprint density at radius 3 is 3.00 bits per heavy atom. The van der Waals surface area contributed by atoms with Crippen LogP contribution >= 0.6 is 0 Å².